The number of morpholine rings is 1. The van der Waals surface area contributed by atoms with Crippen LogP contribution < -0.4 is 0 Å². The molecule has 0 spiro atoms. The second-order valence-corrected chi connectivity index (χ2v) is 9.15. The van der Waals surface area contributed by atoms with Gasteiger partial charge in [-0.2, -0.15) is 26.3 Å². The molecular weight excluding hydrogens is 503 g/mol. The van der Waals surface area contributed by atoms with Gasteiger partial charge < -0.3 is 9.47 Å². The molecule has 0 radical (unpaired) electrons. The quantitative estimate of drug-likeness (QED) is 0.363. The number of allylic oxidation sites excluding steroid dienone is 3. The van der Waals surface area contributed by atoms with Crippen molar-refractivity contribution in [3.05, 3.63) is 94.8 Å². The third-order valence-electron chi connectivity index (χ3n) is 6.53. The molecule has 0 aromatic heterocycles. The van der Waals surface area contributed by atoms with Crippen LogP contribution >= 0.6 is 0 Å². The number of rotatable bonds is 6. The number of hydrogen-bond acceptors (Lipinski definition) is 3. The standard InChI is InChI=1S/C27H26F7NO2/c1-17(20-13-21(26(29,30)31)15-22(14-20)27(32,33)34)37-25-24(19-7-9-23(28)10-8-19)35(11-12-36-25)16-18-5-3-2-4-6-18/h2-7,9-10,13-15,17,19,24-25H,8,11-12,16H2,1H3/t17-,19+,24-,25-/m1/s1. The number of halogens is 7. The van der Waals surface area contributed by atoms with Crippen LogP contribution in [0.3, 0.4) is 0 Å². The zero-order valence-electron chi connectivity index (χ0n) is 19.9. The summed E-state index contributed by atoms with van der Waals surface area (Å²) in [5.41, 5.74) is -2.07. The summed E-state index contributed by atoms with van der Waals surface area (Å²) in [5, 5.41) is 0. The Labute approximate surface area is 210 Å². The number of alkyl halides is 6. The van der Waals surface area contributed by atoms with Crippen molar-refractivity contribution in [2.45, 2.75) is 50.7 Å². The fourth-order valence-electron chi connectivity index (χ4n) is 4.66. The van der Waals surface area contributed by atoms with Crippen LogP contribution in [-0.2, 0) is 28.4 Å². The molecule has 2 aliphatic rings. The van der Waals surface area contributed by atoms with E-state index >= 15 is 0 Å². The maximum absolute atomic E-state index is 13.7. The average Bonchev–Trinajstić information content (AvgIpc) is 2.84. The maximum Gasteiger partial charge on any atom is 0.416 e. The third-order valence-corrected chi connectivity index (χ3v) is 6.53. The van der Waals surface area contributed by atoms with E-state index < -0.39 is 41.9 Å². The van der Waals surface area contributed by atoms with Gasteiger partial charge in [-0.15, -0.1) is 0 Å². The lowest BCUT2D eigenvalue weighted by Gasteiger charge is -2.45. The maximum atomic E-state index is 13.7. The van der Waals surface area contributed by atoms with Gasteiger partial charge in [0.1, 0.15) is 5.83 Å². The monoisotopic (exact) mass is 529 g/mol. The van der Waals surface area contributed by atoms with Gasteiger partial charge in [0.15, 0.2) is 6.29 Å². The summed E-state index contributed by atoms with van der Waals surface area (Å²) in [7, 11) is 0. The van der Waals surface area contributed by atoms with Crippen LogP contribution in [-0.4, -0.2) is 30.4 Å². The summed E-state index contributed by atoms with van der Waals surface area (Å²) in [4.78, 5) is 2.09. The summed E-state index contributed by atoms with van der Waals surface area (Å²) in [5.74, 6) is -0.620. The van der Waals surface area contributed by atoms with E-state index in [2.05, 4.69) is 4.90 Å². The van der Waals surface area contributed by atoms with Crippen LogP contribution in [0.1, 0.15) is 41.7 Å². The van der Waals surface area contributed by atoms with Crippen molar-refractivity contribution in [1.29, 1.82) is 0 Å². The van der Waals surface area contributed by atoms with Crippen molar-refractivity contribution in [2.75, 3.05) is 13.2 Å². The van der Waals surface area contributed by atoms with E-state index in [0.717, 1.165) is 5.56 Å². The molecule has 2 aromatic rings. The molecule has 1 fully saturated rings. The highest BCUT2D eigenvalue weighted by atomic mass is 19.4. The molecule has 0 unspecified atom stereocenters. The second-order valence-electron chi connectivity index (χ2n) is 9.15. The molecule has 4 rings (SSSR count). The Hall–Kier alpha value is -2.69. The predicted molar refractivity (Wildman–Crippen MR) is 123 cm³/mol. The van der Waals surface area contributed by atoms with Crippen molar-refractivity contribution in [3.8, 4) is 0 Å². The van der Waals surface area contributed by atoms with Crippen molar-refractivity contribution in [2.24, 2.45) is 5.92 Å². The lowest BCUT2D eigenvalue weighted by Crippen LogP contribution is -2.55. The van der Waals surface area contributed by atoms with Gasteiger partial charge >= 0.3 is 12.4 Å². The van der Waals surface area contributed by atoms with Gasteiger partial charge in [0.25, 0.3) is 0 Å². The molecule has 37 heavy (non-hydrogen) atoms. The van der Waals surface area contributed by atoms with Crippen molar-refractivity contribution >= 4 is 0 Å². The molecule has 200 valence electrons. The van der Waals surface area contributed by atoms with Crippen molar-refractivity contribution in [3.63, 3.8) is 0 Å². The molecular formula is C27H26F7NO2. The summed E-state index contributed by atoms with van der Waals surface area (Å²) in [6.45, 7) is 2.67. The van der Waals surface area contributed by atoms with Crippen LogP contribution in [0.4, 0.5) is 30.7 Å². The minimum absolute atomic E-state index is 0.0887. The summed E-state index contributed by atoms with van der Waals surface area (Å²) >= 11 is 0. The first-order chi connectivity index (χ1) is 17.4. The number of hydrogen-bond donors (Lipinski definition) is 0. The van der Waals surface area contributed by atoms with Gasteiger partial charge in [-0.1, -0.05) is 36.4 Å². The van der Waals surface area contributed by atoms with E-state index in [1.807, 2.05) is 30.3 Å². The van der Waals surface area contributed by atoms with Gasteiger partial charge in [-0.05, 0) is 54.8 Å². The van der Waals surface area contributed by atoms with Crippen LogP contribution in [0.15, 0.2) is 72.6 Å². The van der Waals surface area contributed by atoms with E-state index in [1.165, 1.54) is 19.1 Å². The highest BCUT2D eigenvalue weighted by Gasteiger charge is 2.41. The molecule has 1 heterocycles. The molecule has 1 aliphatic heterocycles. The molecule has 2 aromatic carbocycles. The average molecular weight is 529 g/mol. The van der Waals surface area contributed by atoms with Crippen LogP contribution in [0.25, 0.3) is 0 Å². The molecule has 0 saturated carbocycles. The first-order valence-corrected chi connectivity index (χ1v) is 11.8. The van der Waals surface area contributed by atoms with E-state index in [1.54, 1.807) is 6.08 Å². The molecule has 0 amide bonds. The first-order valence-electron chi connectivity index (χ1n) is 11.8. The summed E-state index contributed by atoms with van der Waals surface area (Å²) in [6.07, 6.45) is -7.23. The molecule has 0 bridgehead atoms. The predicted octanol–water partition coefficient (Wildman–Crippen LogP) is 7.46. The molecule has 1 aliphatic carbocycles. The molecule has 10 heteroatoms. The lowest BCUT2D eigenvalue weighted by atomic mass is 9.89. The topological polar surface area (TPSA) is 21.7 Å². The molecule has 1 saturated heterocycles. The minimum Gasteiger partial charge on any atom is -0.350 e. The zero-order valence-corrected chi connectivity index (χ0v) is 19.9. The molecule has 4 atom stereocenters. The Morgan fingerprint density at radius 3 is 2.22 bits per heavy atom. The van der Waals surface area contributed by atoms with Gasteiger partial charge in [0.2, 0.25) is 0 Å². The van der Waals surface area contributed by atoms with Crippen LogP contribution in [0, 0.1) is 5.92 Å². The number of benzene rings is 2. The Balaban J connectivity index is 1.63. The van der Waals surface area contributed by atoms with Gasteiger partial charge in [-0.25, -0.2) is 4.39 Å². The highest BCUT2D eigenvalue weighted by molar-refractivity contribution is 5.34. The van der Waals surface area contributed by atoms with Gasteiger partial charge in [-0.3, -0.25) is 4.90 Å². The number of ether oxygens (including phenoxy) is 2. The number of nitrogens with zero attached hydrogens (tertiary/aromatic N) is 1. The second kappa shape index (κ2) is 11.0. The van der Waals surface area contributed by atoms with Crippen LogP contribution in [0.5, 0.6) is 0 Å². The normalized spacial score (nSPS) is 24.1. The molecule has 0 N–H and O–H groups in total. The Bertz CT molecular complexity index is 1100. The Morgan fingerprint density at radius 1 is 1.00 bits per heavy atom. The molecule has 3 nitrogen and oxygen atoms in total. The fourth-order valence-corrected chi connectivity index (χ4v) is 4.66. The van der Waals surface area contributed by atoms with Gasteiger partial charge in [0.05, 0.1) is 29.9 Å². The summed E-state index contributed by atoms with van der Waals surface area (Å²) in [6, 6.07) is 10.5. The van der Waals surface area contributed by atoms with E-state index in [9.17, 15) is 30.7 Å². The van der Waals surface area contributed by atoms with E-state index in [4.69, 9.17) is 9.47 Å². The van der Waals surface area contributed by atoms with Crippen LogP contribution in [0.2, 0.25) is 0 Å². The van der Waals surface area contributed by atoms with Gasteiger partial charge in [0, 0.05) is 19.0 Å². The van der Waals surface area contributed by atoms with Crippen molar-refractivity contribution in [1.82, 2.24) is 4.90 Å². The first kappa shape index (κ1) is 27.3. The third kappa shape index (κ3) is 6.80. The smallest absolute Gasteiger partial charge is 0.350 e. The van der Waals surface area contributed by atoms with E-state index in [-0.39, 0.29) is 30.0 Å². The Morgan fingerprint density at radius 2 is 1.65 bits per heavy atom. The lowest BCUT2D eigenvalue weighted by molar-refractivity contribution is -0.235. The largest absolute Gasteiger partial charge is 0.416 e. The van der Waals surface area contributed by atoms with Crippen molar-refractivity contribution < 1.29 is 40.2 Å². The highest BCUT2D eigenvalue weighted by Crippen LogP contribution is 2.39. The minimum atomic E-state index is -4.96. The summed E-state index contributed by atoms with van der Waals surface area (Å²) < 4.78 is 106. The SMILES string of the molecule is C[C@@H](O[C@H]1OCCN(Cc2ccccc2)[C@@H]1[C@H]1C=CC(F)=CC1)c1cc(C(F)(F)F)cc(C(F)(F)F)c1. The Kier molecular flexibility index (Phi) is 8.11. The zero-order chi connectivity index (χ0) is 26.8. The van der Waals surface area contributed by atoms with E-state index in [0.29, 0.717) is 31.6 Å². The fraction of sp³-hybridized carbons (Fsp3) is 0.407.